The Balaban J connectivity index is 2.01. The molecule has 3 N–H and O–H groups in total. The summed E-state index contributed by atoms with van der Waals surface area (Å²) in [5.41, 5.74) is 5.30. The van der Waals surface area contributed by atoms with Crippen LogP contribution in [-0.2, 0) is 14.8 Å². The third-order valence-corrected chi connectivity index (χ3v) is 5.73. The molecule has 6 heteroatoms. The second kappa shape index (κ2) is 4.60. The van der Waals surface area contributed by atoms with E-state index in [1.807, 2.05) is 0 Å². The maximum atomic E-state index is 12.1. The second-order valence-corrected chi connectivity index (χ2v) is 6.76. The van der Waals surface area contributed by atoms with Crippen LogP contribution in [0.15, 0.2) is 0 Å². The van der Waals surface area contributed by atoms with Crippen LogP contribution in [0.1, 0.15) is 32.1 Å². The van der Waals surface area contributed by atoms with E-state index in [-0.39, 0.29) is 10.8 Å². The first-order valence-corrected chi connectivity index (χ1v) is 7.43. The monoisotopic (exact) mass is 248 g/mol. The van der Waals surface area contributed by atoms with Crippen LogP contribution in [0, 0.1) is 0 Å². The molecule has 0 radical (unpaired) electrons. The first-order chi connectivity index (χ1) is 7.58. The van der Waals surface area contributed by atoms with E-state index in [1.54, 1.807) is 0 Å². The van der Waals surface area contributed by atoms with Crippen LogP contribution in [0.4, 0.5) is 0 Å². The quantitative estimate of drug-likeness (QED) is 0.732. The minimum Gasteiger partial charge on any atom is -0.381 e. The summed E-state index contributed by atoms with van der Waals surface area (Å²) in [6.07, 6.45) is 3.98. The van der Waals surface area contributed by atoms with E-state index in [0.717, 1.165) is 19.3 Å². The fourth-order valence-electron chi connectivity index (χ4n) is 2.32. The van der Waals surface area contributed by atoms with Gasteiger partial charge in [0, 0.05) is 25.3 Å². The van der Waals surface area contributed by atoms with Gasteiger partial charge in [0.05, 0.1) is 5.25 Å². The van der Waals surface area contributed by atoms with Gasteiger partial charge in [0.2, 0.25) is 10.0 Å². The molecular weight excluding hydrogens is 228 g/mol. The third kappa shape index (κ3) is 2.40. The van der Waals surface area contributed by atoms with Gasteiger partial charge in [0.1, 0.15) is 0 Å². The van der Waals surface area contributed by atoms with E-state index in [9.17, 15) is 8.42 Å². The Hall–Kier alpha value is -0.170. The van der Waals surface area contributed by atoms with Crippen molar-refractivity contribution < 1.29 is 13.2 Å². The smallest absolute Gasteiger partial charge is 0.215 e. The van der Waals surface area contributed by atoms with Crippen molar-refractivity contribution in [2.45, 2.75) is 42.9 Å². The van der Waals surface area contributed by atoms with E-state index in [4.69, 9.17) is 10.5 Å². The van der Waals surface area contributed by atoms with Crippen LogP contribution >= 0.6 is 0 Å². The molecule has 1 saturated heterocycles. The highest BCUT2D eigenvalue weighted by Crippen LogP contribution is 2.32. The molecule has 2 rings (SSSR count). The van der Waals surface area contributed by atoms with Gasteiger partial charge in [-0.05, 0) is 32.1 Å². The highest BCUT2D eigenvalue weighted by atomic mass is 32.2. The molecule has 1 aliphatic carbocycles. The van der Waals surface area contributed by atoms with Crippen molar-refractivity contribution in [3.05, 3.63) is 0 Å². The molecule has 0 unspecified atom stereocenters. The lowest BCUT2D eigenvalue weighted by molar-refractivity contribution is 0.0975. The molecule has 2 fully saturated rings. The summed E-state index contributed by atoms with van der Waals surface area (Å²) in [4.78, 5) is 0. The van der Waals surface area contributed by atoms with Crippen LogP contribution in [0.25, 0.3) is 0 Å². The summed E-state index contributed by atoms with van der Waals surface area (Å²) in [6.45, 7) is 1.48. The predicted molar refractivity (Wildman–Crippen MR) is 61.5 cm³/mol. The van der Waals surface area contributed by atoms with Crippen LogP contribution in [0.2, 0.25) is 0 Å². The van der Waals surface area contributed by atoms with Crippen molar-refractivity contribution in [1.29, 1.82) is 0 Å². The predicted octanol–water partition coefficient (Wildman–Crippen LogP) is -0.0338. The van der Waals surface area contributed by atoms with E-state index in [2.05, 4.69) is 4.72 Å². The van der Waals surface area contributed by atoms with Crippen LogP contribution < -0.4 is 10.5 Å². The molecule has 0 aromatic rings. The molecule has 0 aromatic heterocycles. The standard InChI is InChI=1S/C10H20N2O3S/c11-8-10(4-1-5-10)12-16(13,14)9-2-6-15-7-3-9/h9,12H,1-8,11H2. The van der Waals surface area contributed by atoms with Gasteiger partial charge < -0.3 is 10.5 Å². The Bertz CT molecular complexity index is 326. The van der Waals surface area contributed by atoms with Crippen molar-refractivity contribution in [3.63, 3.8) is 0 Å². The zero-order valence-corrected chi connectivity index (χ0v) is 10.3. The normalized spacial score (nSPS) is 26.3. The summed E-state index contributed by atoms with van der Waals surface area (Å²) >= 11 is 0. The largest absolute Gasteiger partial charge is 0.381 e. The number of hydrogen-bond acceptors (Lipinski definition) is 4. The maximum Gasteiger partial charge on any atom is 0.215 e. The van der Waals surface area contributed by atoms with E-state index >= 15 is 0 Å². The van der Waals surface area contributed by atoms with Gasteiger partial charge in [-0.2, -0.15) is 0 Å². The van der Waals surface area contributed by atoms with Gasteiger partial charge in [0.25, 0.3) is 0 Å². The zero-order chi connectivity index (χ0) is 11.6. The third-order valence-electron chi connectivity index (χ3n) is 3.67. The van der Waals surface area contributed by atoms with Crippen molar-refractivity contribution in [3.8, 4) is 0 Å². The molecular formula is C10H20N2O3S. The highest BCUT2D eigenvalue weighted by molar-refractivity contribution is 7.90. The topological polar surface area (TPSA) is 81.4 Å². The Morgan fingerprint density at radius 1 is 1.31 bits per heavy atom. The molecule has 16 heavy (non-hydrogen) atoms. The Morgan fingerprint density at radius 3 is 2.38 bits per heavy atom. The molecule has 0 spiro atoms. The summed E-state index contributed by atoms with van der Waals surface area (Å²) < 4.78 is 32.3. The molecule has 5 nitrogen and oxygen atoms in total. The van der Waals surface area contributed by atoms with Crippen molar-refractivity contribution in [2.75, 3.05) is 19.8 Å². The summed E-state index contributed by atoms with van der Waals surface area (Å²) in [7, 11) is -3.22. The SMILES string of the molecule is NCC1(NS(=O)(=O)C2CCOCC2)CCC1. The Kier molecular flexibility index (Phi) is 3.53. The molecule has 0 atom stereocenters. The molecule has 0 bridgehead atoms. The molecule has 94 valence electrons. The van der Waals surface area contributed by atoms with Crippen LogP contribution in [0.3, 0.4) is 0 Å². The summed E-state index contributed by atoms with van der Waals surface area (Å²) in [6, 6.07) is 0. The minimum absolute atomic E-state index is 0.301. The van der Waals surface area contributed by atoms with Gasteiger partial charge in [0.15, 0.2) is 0 Å². The highest BCUT2D eigenvalue weighted by Gasteiger charge is 2.41. The fourth-order valence-corrected chi connectivity index (χ4v) is 4.19. The molecule has 0 aromatic carbocycles. The molecule has 0 amide bonds. The van der Waals surface area contributed by atoms with Crippen LogP contribution in [-0.4, -0.2) is 39.0 Å². The lowest BCUT2D eigenvalue weighted by Crippen LogP contribution is -2.60. The molecule has 1 heterocycles. The van der Waals surface area contributed by atoms with E-state index < -0.39 is 10.0 Å². The Labute approximate surface area is 96.8 Å². The number of nitrogens with one attached hydrogen (secondary N) is 1. The number of nitrogens with two attached hydrogens (primary N) is 1. The van der Waals surface area contributed by atoms with Gasteiger partial charge in [-0.15, -0.1) is 0 Å². The Morgan fingerprint density at radius 2 is 1.94 bits per heavy atom. The number of ether oxygens (including phenoxy) is 1. The molecule has 2 aliphatic rings. The zero-order valence-electron chi connectivity index (χ0n) is 9.44. The summed E-state index contributed by atoms with van der Waals surface area (Å²) in [5, 5.41) is -0.301. The fraction of sp³-hybridized carbons (Fsp3) is 1.00. The number of rotatable bonds is 4. The van der Waals surface area contributed by atoms with Crippen molar-refractivity contribution in [2.24, 2.45) is 5.73 Å². The second-order valence-electron chi connectivity index (χ2n) is 4.80. The minimum atomic E-state index is -3.22. The molecule has 1 aliphatic heterocycles. The van der Waals surface area contributed by atoms with Crippen LogP contribution in [0.5, 0.6) is 0 Å². The maximum absolute atomic E-state index is 12.1. The first-order valence-electron chi connectivity index (χ1n) is 5.89. The van der Waals surface area contributed by atoms with Gasteiger partial charge in [-0.25, -0.2) is 13.1 Å². The summed E-state index contributed by atoms with van der Waals surface area (Å²) in [5.74, 6) is 0. The lowest BCUT2D eigenvalue weighted by Gasteiger charge is -2.42. The first kappa shape index (κ1) is 12.3. The van der Waals surface area contributed by atoms with Gasteiger partial charge in [-0.1, -0.05) is 0 Å². The van der Waals surface area contributed by atoms with E-state index in [1.165, 1.54) is 0 Å². The van der Waals surface area contributed by atoms with Gasteiger partial charge in [-0.3, -0.25) is 0 Å². The lowest BCUT2D eigenvalue weighted by atomic mass is 9.78. The average molecular weight is 248 g/mol. The van der Waals surface area contributed by atoms with Crippen molar-refractivity contribution >= 4 is 10.0 Å². The number of sulfonamides is 1. The number of hydrogen-bond donors (Lipinski definition) is 2. The molecule has 1 saturated carbocycles. The van der Waals surface area contributed by atoms with Crippen molar-refractivity contribution in [1.82, 2.24) is 4.72 Å². The van der Waals surface area contributed by atoms with Gasteiger partial charge >= 0.3 is 0 Å². The average Bonchev–Trinajstić information content (AvgIpc) is 2.25. The van der Waals surface area contributed by atoms with E-state index in [0.29, 0.717) is 32.6 Å².